The Kier molecular flexibility index (Phi) is 4.76. The molecule has 1 atom stereocenters. The minimum absolute atomic E-state index is 0.0869. The summed E-state index contributed by atoms with van der Waals surface area (Å²) in [5, 5.41) is 3.84. The molecule has 0 radical (unpaired) electrons. The lowest BCUT2D eigenvalue weighted by atomic mass is 10.2. The van der Waals surface area contributed by atoms with Gasteiger partial charge in [0.15, 0.2) is 10.9 Å². The molecule has 2 heterocycles. The predicted octanol–water partition coefficient (Wildman–Crippen LogP) is -0.122. The Labute approximate surface area is 132 Å². The van der Waals surface area contributed by atoms with E-state index in [0.29, 0.717) is 6.54 Å². The largest absolute Gasteiger partial charge is 0.459 e. The van der Waals surface area contributed by atoms with E-state index in [0.717, 1.165) is 0 Å². The fraction of sp³-hybridized carbons (Fsp3) is 0.385. The summed E-state index contributed by atoms with van der Waals surface area (Å²) in [5.41, 5.74) is 2.52. The summed E-state index contributed by atoms with van der Waals surface area (Å²) < 4.78 is 5.00. The number of furan rings is 1. The molecule has 3 amide bonds. The van der Waals surface area contributed by atoms with Crippen LogP contribution in [0.25, 0.3) is 0 Å². The number of hydrogen-bond donors (Lipinski definition) is 2. The first kappa shape index (κ1) is 16.0. The molecule has 0 spiro atoms. The van der Waals surface area contributed by atoms with Gasteiger partial charge in [-0.1, -0.05) is 0 Å². The maximum absolute atomic E-state index is 12.3. The molecule has 0 saturated carbocycles. The van der Waals surface area contributed by atoms with Crippen LogP contribution in [0.5, 0.6) is 0 Å². The average Bonchev–Trinajstić information content (AvgIpc) is 3.10. The highest BCUT2D eigenvalue weighted by atomic mass is 32.1. The average molecular weight is 324 g/mol. The van der Waals surface area contributed by atoms with E-state index in [4.69, 9.17) is 16.6 Å². The van der Waals surface area contributed by atoms with Crippen LogP contribution in [0, 0.1) is 0 Å². The molecule has 2 N–H and O–H groups in total. The molecule has 2 rings (SSSR count). The van der Waals surface area contributed by atoms with Crippen LogP contribution in [0.4, 0.5) is 0 Å². The van der Waals surface area contributed by atoms with E-state index in [9.17, 15) is 14.4 Å². The maximum Gasteiger partial charge on any atom is 0.305 e. The van der Waals surface area contributed by atoms with Crippen molar-refractivity contribution in [3.8, 4) is 0 Å². The number of hydrazine groups is 1. The number of nitrogens with one attached hydrogen (secondary N) is 2. The number of nitrogens with zero attached hydrogens (tertiary/aromatic N) is 2. The first-order valence-electron chi connectivity index (χ1n) is 6.69. The minimum atomic E-state index is -0.869. The number of carbonyl (C=O) groups excluding carboxylic acids is 3. The molecule has 1 unspecified atom stereocenters. The van der Waals surface area contributed by atoms with Gasteiger partial charge in [0.1, 0.15) is 6.04 Å². The van der Waals surface area contributed by atoms with Crippen LogP contribution < -0.4 is 10.7 Å². The molecule has 1 aliphatic heterocycles. The SMILES string of the molecule is CCN1C(=O)C(CC(=O)NC)N(NC(=O)c2ccco2)C1=S. The lowest BCUT2D eigenvalue weighted by Crippen LogP contribution is -2.50. The van der Waals surface area contributed by atoms with Crippen LogP contribution in [0.3, 0.4) is 0 Å². The number of hydrogen-bond acceptors (Lipinski definition) is 5. The standard InChI is InChI=1S/C13H16N4O4S/c1-3-16-12(20)8(7-10(18)14-2)17(13(16)22)15-11(19)9-5-4-6-21-9/h4-6,8H,3,7H2,1-2H3,(H,14,18)(H,15,19). The number of likely N-dealkylation sites (N-methyl/N-ethyl adjacent to an activating group) is 1. The normalized spacial score (nSPS) is 17.8. The second kappa shape index (κ2) is 6.56. The Morgan fingerprint density at radius 1 is 1.45 bits per heavy atom. The van der Waals surface area contributed by atoms with Gasteiger partial charge in [-0.15, -0.1) is 0 Å². The lowest BCUT2D eigenvalue weighted by molar-refractivity contribution is -0.132. The van der Waals surface area contributed by atoms with Crippen LogP contribution in [-0.2, 0) is 9.59 Å². The highest BCUT2D eigenvalue weighted by Gasteiger charge is 2.43. The Hall–Kier alpha value is -2.42. The van der Waals surface area contributed by atoms with Gasteiger partial charge in [-0.25, -0.2) is 5.01 Å². The van der Waals surface area contributed by atoms with Crippen molar-refractivity contribution in [3.05, 3.63) is 24.2 Å². The van der Waals surface area contributed by atoms with Gasteiger partial charge in [0.05, 0.1) is 12.7 Å². The van der Waals surface area contributed by atoms with Crippen molar-refractivity contribution in [1.82, 2.24) is 20.7 Å². The van der Waals surface area contributed by atoms with Crippen molar-refractivity contribution in [1.29, 1.82) is 0 Å². The fourth-order valence-electron chi connectivity index (χ4n) is 2.09. The van der Waals surface area contributed by atoms with E-state index >= 15 is 0 Å². The zero-order valence-electron chi connectivity index (χ0n) is 12.2. The Balaban J connectivity index is 2.20. The van der Waals surface area contributed by atoms with Crippen molar-refractivity contribution in [2.45, 2.75) is 19.4 Å². The number of carbonyl (C=O) groups is 3. The van der Waals surface area contributed by atoms with Gasteiger partial charge in [0, 0.05) is 13.6 Å². The third-order valence-corrected chi connectivity index (χ3v) is 3.66. The molecular formula is C13H16N4O4S. The summed E-state index contributed by atoms with van der Waals surface area (Å²) >= 11 is 5.21. The minimum Gasteiger partial charge on any atom is -0.459 e. The van der Waals surface area contributed by atoms with Crippen molar-refractivity contribution in [2.24, 2.45) is 0 Å². The first-order valence-corrected chi connectivity index (χ1v) is 7.10. The first-order chi connectivity index (χ1) is 10.5. The summed E-state index contributed by atoms with van der Waals surface area (Å²) in [6, 6.07) is 2.19. The molecule has 8 nitrogen and oxygen atoms in total. The fourth-order valence-corrected chi connectivity index (χ4v) is 2.49. The summed E-state index contributed by atoms with van der Waals surface area (Å²) in [6.45, 7) is 2.12. The van der Waals surface area contributed by atoms with Crippen LogP contribution >= 0.6 is 12.2 Å². The van der Waals surface area contributed by atoms with Crippen molar-refractivity contribution < 1.29 is 18.8 Å². The third kappa shape index (κ3) is 2.93. The molecule has 0 bridgehead atoms. The quantitative estimate of drug-likeness (QED) is 0.733. The molecule has 1 aliphatic rings. The predicted molar refractivity (Wildman–Crippen MR) is 80.5 cm³/mol. The Bertz CT molecular complexity index is 601. The topological polar surface area (TPSA) is 94.9 Å². The summed E-state index contributed by atoms with van der Waals surface area (Å²) in [5.74, 6) is -1.10. The molecule has 0 aliphatic carbocycles. The number of rotatable bonds is 5. The lowest BCUT2D eigenvalue weighted by Gasteiger charge is -2.23. The third-order valence-electron chi connectivity index (χ3n) is 3.24. The Morgan fingerprint density at radius 2 is 2.18 bits per heavy atom. The van der Waals surface area contributed by atoms with Crippen LogP contribution in [-0.4, -0.2) is 52.4 Å². The van der Waals surface area contributed by atoms with Gasteiger partial charge in [-0.3, -0.25) is 24.7 Å². The van der Waals surface area contributed by atoms with Gasteiger partial charge in [0.25, 0.3) is 5.91 Å². The second-order valence-electron chi connectivity index (χ2n) is 4.55. The van der Waals surface area contributed by atoms with E-state index in [1.807, 2.05) is 0 Å². The molecule has 1 aromatic heterocycles. The van der Waals surface area contributed by atoms with Gasteiger partial charge in [-0.2, -0.15) is 0 Å². The molecule has 118 valence electrons. The van der Waals surface area contributed by atoms with Gasteiger partial charge in [-0.05, 0) is 31.3 Å². The second-order valence-corrected chi connectivity index (χ2v) is 4.91. The summed E-state index contributed by atoms with van der Waals surface area (Å²) in [4.78, 5) is 37.3. The molecular weight excluding hydrogens is 308 g/mol. The zero-order chi connectivity index (χ0) is 16.3. The van der Waals surface area contributed by atoms with Crippen molar-refractivity contribution >= 4 is 35.1 Å². The molecule has 0 aromatic carbocycles. The van der Waals surface area contributed by atoms with E-state index in [1.54, 1.807) is 13.0 Å². The van der Waals surface area contributed by atoms with Crippen LogP contribution in [0.2, 0.25) is 0 Å². The summed E-state index contributed by atoms with van der Waals surface area (Å²) in [7, 11) is 1.48. The smallest absolute Gasteiger partial charge is 0.305 e. The molecule has 22 heavy (non-hydrogen) atoms. The molecule has 1 aromatic rings. The van der Waals surface area contributed by atoms with Gasteiger partial charge in [0.2, 0.25) is 5.91 Å². The van der Waals surface area contributed by atoms with Gasteiger partial charge >= 0.3 is 5.91 Å². The summed E-state index contributed by atoms with van der Waals surface area (Å²) in [6.07, 6.45) is 1.26. The molecule has 1 saturated heterocycles. The van der Waals surface area contributed by atoms with E-state index < -0.39 is 11.9 Å². The Morgan fingerprint density at radius 3 is 2.73 bits per heavy atom. The zero-order valence-corrected chi connectivity index (χ0v) is 13.0. The van der Waals surface area contributed by atoms with E-state index in [1.165, 1.54) is 29.3 Å². The van der Waals surface area contributed by atoms with E-state index in [-0.39, 0.29) is 29.1 Å². The highest BCUT2D eigenvalue weighted by Crippen LogP contribution is 2.19. The monoisotopic (exact) mass is 324 g/mol. The highest BCUT2D eigenvalue weighted by molar-refractivity contribution is 7.80. The number of thiocarbonyl (C=S) groups is 1. The molecule has 9 heteroatoms. The van der Waals surface area contributed by atoms with Gasteiger partial charge < -0.3 is 9.73 Å². The van der Waals surface area contributed by atoms with Crippen LogP contribution in [0.1, 0.15) is 23.9 Å². The van der Waals surface area contributed by atoms with E-state index in [2.05, 4.69) is 10.7 Å². The maximum atomic E-state index is 12.3. The van der Waals surface area contributed by atoms with Crippen molar-refractivity contribution in [2.75, 3.05) is 13.6 Å². The molecule has 1 fully saturated rings. The number of amides is 3. The van der Waals surface area contributed by atoms with Crippen molar-refractivity contribution in [3.63, 3.8) is 0 Å². The van der Waals surface area contributed by atoms with Crippen LogP contribution in [0.15, 0.2) is 22.8 Å².